The minimum absolute atomic E-state index is 0.127. The van der Waals surface area contributed by atoms with Crippen molar-refractivity contribution in [2.24, 2.45) is 23.2 Å². The molecule has 6 atom stereocenters. The zero-order valence-electron chi connectivity index (χ0n) is 18.8. The lowest BCUT2D eigenvalue weighted by molar-refractivity contribution is -0.145. The van der Waals surface area contributed by atoms with Gasteiger partial charge in [0, 0.05) is 56.2 Å². The highest BCUT2D eigenvalue weighted by molar-refractivity contribution is 6.42. The van der Waals surface area contributed by atoms with Gasteiger partial charge in [0.15, 0.2) is 0 Å². The quantitative estimate of drug-likeness (QED) is 0.515. The number of hydrogen-bond acceptors (Lipinski definition) is 5. The molecule has 0 aromatic heterocycles. The molecule has 2 saturated heterocycles. The number of aliphatic hydroxyl groups is 1. The summed E-state index contributed by atoms with van der Waals surface area (Å²) in [6, 6.07) is 5.74. The van der Waals surface area contributed by atoms with Crippen molar-refractivity contribution < 1.29 is 14.6 Å². The van der Waals surface area contributed by atoms with E-state index in [4.69, 9.17) is 27.9 Å². The van der Waals surface area contributed by atoms with Gasteiger partial charge in [0.25, 0.3) is 0 Å². The fourth-order valence-electron chi connectivity index (χ4n) is 6.42. The number of hydrogen-bond donors (Lipinski definition) is 1. The molecule has 5 nitrogen and oxygen atoms in total. The number of aliphatic hydroxyl groups excluding tert-OH is 1. The number of anilines is 1. The van der Waals surface area contributed by atoms with Crippen molar-refractivity contribution in [3.05, 3.63) is 39.9 Å². The van der Waals surface area contributed by atoms with Gasteiger partial charge in [0.05, 0.1) is 22.1 Å². The molecule has 2 aliphatic carbocycles. The van der Waals surface area contributed by atoms with E-state index in [-0.39, 0.29) is 29.3 Å². The van der Waals surface area contributed by atoms with E-state index >= 15 is 0 Å². The first-order valence-electron chi connectivity index (χ1n) is 11.8. The molecule has 4 aliphatic rings. The highest BCUT2D eigenvalue weighted by atomic mass is 35.5. The Kier molecular flexibility index (Phi) is 5.98. The summed E-state index contributed by atoms with van der Waals surface area (Å²) in [4.78, 5) is 17.5. The number of benzene rings is 1. The average molecular weight is 479 g/mol. The lowest BCUT2D eigenvalue weighted by Crippen LogP contribution is -2.55. The third-order valence-electron chi connectivity index (χ3n) is 8.67. The van der Waals surface area contributed by atoms with Crippen molar-refractivity contribution in [1.29, 1.82) is 0 Å². The molecule has 1 aromatic carbocycles. The second-order valence-electron chi connectivity index (χ2n) is 10.2. The van der Waals surface area contributed by atoms with Crippen LogP contribution < -0.4 is 4.90 Å². The standard InChI is InChI=1S/C25H32Cl2N2O3/c1-15-4-3-5-16-12-21-22(23(30)25(15,16)2)18(24(31)32-21)14-28-8-10-29(11-9-28)17-6-7-19(26)20(27)13-17/h5-7,13,15,18,21-23,30H,3-4,8-12,14H2,1-2H3/t15-,18+,21-,22-,23+,25-/m1/s1. The third kappa shape index (κ3) is 3.66. The normalized spacial score (nSPS) is 37.5. The molecule has 7 heteroatoms. The molecule has 3 fully saturated rings. The number of ether oxygens (including phenoxy) is 1. The highest BCUT2D eigenvalue weighted by Gasteiger charge is 2.59. The molecule has 32 heavy (non-hydrogen) atoms. The van der Waals surface area contributed by atoms with Crippen LogP contribution in [0.3, 0.4) is 0 Å². The molecule has 2 heterocycles. The molecule has 1 N–H and O–H groups in total. The van der Waals surface area contributed by atoms with Crippen LogP contribution in [0.15, 0.2) is 29.8 Å². The Balaban J connectivity index is 1.27. The Bertz CT molecular complexity index is 930. The van der Waals surface area contributed by atoms with Crippen LogP contribution in [-0.2, 0) is 9.53 Å². The summed E-state index contributed by atoms with van der Waals surface area (Å²) in [5.74, 6) is -0.122. The number of rotatable bonds is 3. The first-order chi connectivity index (χ1) is 15.3. The topological polar surface area (TPSA) is 53.0 Å². The van der Waals surface area contributed by atoms with Gasteiger partial charge in [-0.25, -0.2) is 0 Å². The van der Waals surface area contributed by atoms with Crippen LogP contribution in [0, 0.1) is 23.2 Å². The molecule has 174 valence electrons. The lowest BCUT2D eigenvalue weighted by Gasteiger charge is -2.52. The summed E-state index contributed by atoms with van der Waals surface area (Å²) >= 11 is 12.2. The molecule has 5 rings (SSSR count). The van der Waals surface area contributed by atoms with Crippen LogP contribution in [0.4, 0.5) is 5.69 Å². The van der Waals surface area contributed by atoms with E-state index in [1.807, 2.05) is 18.2 Å². The number of piperazine rings is 1. The minimum Gasteiger partial charge on any atom is -0.461 e. The van der Waals surface area contributed by atoms with Gasteiger partial charge in [-0.3, -0.25) is 9.69 Å². The predicted octanol–water partition coefficient (Wildman–Crippen LogP) is 4.40. The van der Waals surface area contributed by atoms with Gasteiger partial charge in [0.2, 0.25) is 0 Å². The Morgan fingerprint density at radius 2 is 1.94 bits per heavy atom. The van der Waals surface area contributed by atoms with E-state index in [1.165, 1.54) is 5.57 Å². The second-order valence-corrected chi connectivity index (χ2v) is 11.0. The van der Waals surface area contributed by atoms with Crippen molar-refractivity contribution >= 4 is 34.9 Å². The first kappa shape index (κ1) is 22.5. The number of allylic oxidation sites excluding steroid dienone is 1. The van der Waals surface area contributed by atoms with E-state index in [2.05, 4.69) is 29.7 Å². The van der Waals surface area contributed by atoms with Crippen LogP contribution in [0.2, 0.25) is 10.0 Å². The maximum Gasteiger partial charge on any atom is 0.311 e. The van der Waals surface area contributed by atoms with Gasteiger partial charge < -0.3 is 14.7 Å². The van der Waals surface area contributed by atoms with Crippen LogP contribution in [0.25, 0.3) is 0 Å². The zero-order chi connectivity index (χ0) is 22.6. The SMILES string of the molecule is C[C@@H]1CCC=C2C[C@H]3OC(=O)[C@@H](CN4CCN(c5ccc(Cl)c(Cl)c5)CC4)[C@H]3[C@H](O)[C@@]21C. The lowest BCUT2D eigenvalue weighted by atomic mass is 9.55. The van der Waals surface area contributed by atoms with Gasteiger partial charge in [-0.2, -0.15) is 0 Å². The molecule has 0 spiro atoms. The second kappa shape index (κ2) is 8.50. The van der Waals surface area contributed by atoms with Crippen LogP contribution in [0.1, 0.15) is 33.1 Å². The van der Waals surface area contributed by atoms with Crippen molar-refractivity contribution in [2.45, 2.75) is 45.3 Å². The van der Waals surface area contributed by atoms with Crippen LogP contribution in [-0.4, -0.2) is 60.9 Å². The Morgan fingerprint density at radius 1 is 1.19 bits per heavy atom. The third-order valence-corrected chi connectivity index (χ3v) is 9.40. The largest absolute Gasteiger partial charge is 0.461 e. The summed E-state index contributed by atoms with van der Waals surface area (Å²) in [5.41, 5.74) is 2.10. The van der Waals surface area contributed by atoms with E-state index in [0.717, 1.165) is 51.1 Å². The minimum atomic E-state index is -0.545. The molecule has 0 bridgehead atoms. The zero-order valence-corrected chi connectivity index (χ0v) is 20.3. The summed E-state index contributed by atoms with van der Waals surface area (Å²) in [6.07, 6.45) is 4.46. The molecule has 0 unspecified atom stereocenters. The molecule has 0 radical (unpaired) electrons. The predicted molar refractivity (Wildman–Crippen MR) is 127 cm³/mol. The van der Waals surface area contributed by atoms with Crippen LogP contribution in [0.5, 0.6) is 0 Å². The number of nitrogens with zero attached hydrogens (tertiary/aromatic N) is 2. The van der Waals surface area contributed by atoms with Crippen molar-refractivity contribution in [2.75, 3.05) is 37.6 Å². The Morgan fingerprint density at radius 3 is 2.66 bits per heavy atom. The number of fused-ring (bicyclic) bond motifs is 2. The Labute approximate surface area is 200 Å². The molecule has 1 saturated carbocycles. The highest BCUT2D eigenvalue weighted by Crippen LogP contribution is 2.56. The Hall–Kier alpha value is -1.27. The average Bonchev–Trinajstić information content (AvgIpc) is 3.08. The van der Waals surface area contributed by atoms with Gasteiger partial charge >= 0.3 is 5.97 Å². The van der Waals surface area contributed by atoms with Crippen molar-refractivity contribution in [3.8, 4) is 0 Å². The maximum absolute atomic E-state index is 12.9. The summed E-state index contributed by atoms with van der Waals surface area (Å²) < 4.78 is 5.83. The molecule has 1 aromatic rings. The number of carbonyl (C=O) groups is 1. The summed E-state index contributed by atoms with van der Waals surface area (Å²) in [7, 11) is 0. The van der Waals surface area contributed by atoms with E-state index in [1.54, 1.807) is 0 Å². The fourth-order valence-corrected chi connectivity index (χ4v) is 6.71. The van der Waals surface area contributed by atoms with Gasteiger partial charge in [0.1, 0.15) is 6.10 Å². The maximum atomic E-state index is 12.9. The fraction of sp³-hybridized carbons (Fsp3) is 0.640. The van der Waals surface area contributed by atoms with Gasteiger partial charge in [-0.05, 0) is 37.0 Å². The number of carbonyl (C=O) groups excluding carboxylic acids is 1. The first-order valence-corrected chi connectivity index (χ1v) is 12.5. The summed E-state index contributed by atoms with van der Waals surface area (Å²) in [5, 5.41) is 12.7. The van der Waals surface area contributed by atoms with Crippen molar-refractivity contribution in [1.82, 2.24) is 4.90 Å². The van der Waals surface area contributed by atoms with E-state index in [0.29, 0.717) is 22.5 Å². The van der Waals surface area contributed by atoms with Gasteiger partial charge in [-0.1, -0.05) is 48.7 Å². The molecule has 2 aliphatic heterocycles. The number of esters is 1. The van der Waals surface area contributed by atoms with E-state index in [9.17, 15) is 9.90 Å². The van der Waals surface area contributed by atoms with Gasteiger partial charge in [-0.15, -0.1) is 0 Å². The smallest absolute Gasteiger partial charge is 0.311 e. The monoisotopic (exact) mass is 478 g/mol. The van der Waals surface area contributed by atoms with Crippen molar-refractivity contribution in [3.63, 3.8) is 0 Å². The molecular formula is C25H32Cl2N2O3. The molecule has 0 amide bonds. The van der Waals surface area contributed by atoms with Crippen LogP contribution >= 0.6 is 23.2 Å². The number of halogens is 2. The summed E-state index contributed by atoms with van der Waals surface area (Å²) in [6.45, 7) is 8.52. The molecular weight excluding hydrogens is 447 g/mol. The van der Waals surface area contributed by atoms with E-state index < -0.39 is 6.10 Å².